The molecule has 3 aliphatic heterocycles. The average Bonchev–Trinajstić information content (AvgIpc) is 3.91. The third-order valence-corrected chi connectivity index (χ3v) is 18.1. The van der Waals surface area contributed by atoms with Gasteiger partial charge in [0.25, 0.3) is 17.7 Å². The Labute approximate surface area is 492 Å². The fourth-order valence-corrected chi connectivity index (χ4v) is 12.4. The molecule has 2 saturated heterocycles. The molecule has 3 aromatic rings. The zero-order chi connectivity index (χ0) is 59.6. The predicted octanol–water partition coefficient (Wildman–Crippen LogP) is 3.13. The number of piperazine rings is 1. The summed E-state index contributed by atoms with van der Waals surface area (Å²) < 4.78 is 6.71. The Morgan fingerprint density at radius 3 is 2.11 bits per heavy atom. The third kappa shape index (κ3) is 18.5. The van der Waals surface area contributed by atoms with Crippen LogP contribution in [0.2, 0.25) is 0 Å². The van der Waals surface area contributed by atoms with Gasteiger partial charge in [-0.3, -0.25) is 57.7 Å². The highest BCUT2D eigenvalue weighted by Gasteiger charge is 2.42. The van der Waals surface area contributed by atoms with Crippen molar-refractivity contribution in [3.8, 4) is 0 Å². The minimum absolute atomic E-state index is 0.0541. The van der Waals surface area contributed by atoms with Crippen molar-refractivity contribution >= 4 is 93.6 Å². The predicted molar refractivity (Wildman–Crippen MR) is 312 cm³/mol. The molecule has 0 spiro atoms. The Morgan fingerprint density at radius 2 is 1.50 bits per heavy atom. The van der Waals surface area contributed by atoms with Gasteiger partial charge in [-0.25, -0.2) is 4.98 Å². The molecule has 2 aromatic heterocycles. The Kier molecular flexibility index (Phi) is 24.6. The van der Waals surface area contributed by atoms with Crippen LogP contribution in [0.25, 0.3) is 0 Å². The van der Waals surface area contributed by atoms with E-state index in [0.29, 0.717) is 38.8 Å². The van der Waals surface area contributed by atoms with Crippen molar-refractivity contribution < 1.29 is 52.7 Å². The molecule has 9 amide bonds. The largest absolute Gasteiger partial charge is 0.455 e. The first kappa shape index (κ1) is 64.6. The number of nitrogens with one attached hydrogen (secondary N) is 4. The maximum atomic E-state index is 14.6. The number of hydrogen-bond donors (Lipinski definition) is 5. The summed E-state index contributed by atoms with van der Waals surface area (Å²) in [6.45, 7) is 10.9. The second-order valence-corrected chi connectivity index (χ2v) is 24.5. The number of rotatable bonds is 31. The van der Waals surface area contributed by atoms with E-state index in [1.54, 1.807) is 21.7 Å². The molecule has 6 rings (SSSR count). The van der Waals surface area contributed by atoms with E-state index in [9.17, 15) is 47.9 Å². The molecule has 25 heteroatoms. The van der Waals surface area contributed by atoms with E-state index < -0.39 is 71.8 Å². The smallest absolute Gasteiger partial charge is 0.303 e. The number of unbranched alkanes of at least 4 members (excludes halogenated alkanes) is 1. The third-order valence-electron chi connectivity index (χ3n) is 15.0. The number of amides is 9. The number of hydrogen-bond acceptors (Lipinski definition) is 17. The van der Waals surface area contributed by atoms with Gasteiger partial charge in [-0.05, 0) is 68.1 Å². The van der Waals surface area contributed by atoms with E-state index >= 15 is 0 Å². The van der Waals surface area contributed by atoms with Crippen LogP contribution in [-0.4, -0.2) is 191 Å². The molecule has 2 unspecified atom stereocenters. The maximum Gasteiger partial charge on any atom is 0.303 e. The number of esters is 1. The number of benzene rings is 1. The summed E-state index contributed by atoms with van der Waals surface area (Å²) in [4.78, 5) is 147. The van der Waals surface area contributed by atoms with Crippen LogP contribution in [-0.2, 0) is 54.3 Å². The average molecular weight is 1190 g/mol. The topological polar surface area (TPSA) is 283 Å². The van der Waals surface area contributed by atoms with Crippen molar-refractivity contribution in [2.45, 2.75) is 133 Å². The first-order valence-electron chi connectivity index (χ1n) is 28.0. The number of thioether (sulfide) groups is 1. The van der Waals surface area contributed by atoms with Gasteiger partial charge in [0, 0.05) is 102 Å². The van der Waals surface area contributed by atoms with E-state index in [2.05, 4.69) is 26.3 Å². The van der Waals surface area contributed by atoms with E-state index in [1.165, 1.54) is 47.6 Å². The lowest BCUT2D eigenvalue weighted by Crippen LogP contribution is -2.59. The maximum absolute atomic E-state index is 14.6. The Balaban J connectivity index is 1.15. The summed E-state index contributed by atoms with van der Waals surface area (Å²) in [6, 6.07) is 7.93. The summed E-state index contributed by atoms with van der Waals surface area (Å²) in [5.41, 5.74) is 6.59. The number of carbonyl (C=O) groups is 10. The standard InChI is InChI=1S/C57H79N11O11S3/c1-8-36(4)50(63-54(76)44-32-64(44)6)57(78)65(7)43(35(2)3)31-45(79-37(5)69)55-62-42(34-82-55)53(75)61-41(33-81-49-20-15-29-80-49)52(74)59-39(18-12-13-23-58)51(73)60-40(30-38-16-10-9-11-17-38)56(77)67-27-25-66(26-28-67)46(70)19-14-24-68-47(71)21-22-48(68)72/h9-11,15-17,20-22,29,34-36,39-41,43-45,50H,8,12-14,18-19,23-28,30-33,58H2,1-7H3,(H,59,74)(H,60,73)(H,61,75)(H,63,76)/t36-,39+,40-,41-,43+,44?,45+,50-,64?/m0/s1. The van der Waals surface area contributed by atoms with Crippen molar-refractivity contribution in [2.24, 2.45) is 17.6 Å². The molecular formula is C57H79N11O11S3. The molecule has 6 N–H and O–H groups in total. The molecule has 9 atom stereocenters. The van der Waals surface area contributed by atoms with Gasteiger partial charge >= 0.3 is 5.97 Å². The van der Waals surface area contributed by atoms with Gasteiger partial charge in [0.2, 0.25) is 35.4 Å². The second kappa shape index (κ2) is 31.2. The fraction of sp³-hybridized carbons (Fsp3) is 0.561. The summed E-state index contributed by atoms with van der Waals surface area (Å²) >= 11 is 3.87. The quantitative estimate of drug-likeness (QED) is 0.0204. The normalized spacial score (nSPS) is 18.4. The van der Waals surface area contributed by atoms with Crippen LogP contribution in [0.15, 0.2) is 69.6 Å². The van der Waals surface area contributed by atoms with Crippen molar-refractivity contribution in [3.05, 3.63) is 81.6 Å². The monoisotopic (exact) mass is 1190 g/mol. The van der Waals surface area contributed by atoms with Crippen LogP contribution in [0.3, 0.4) is 0 Å². The van der Waals surface area contributed by atoms with E-state index in [-0.39, 0.29) is 116 Å². The van der Waals surface area contributed by atoms with Crippen molar-refractivity contribution in [3.63, 3.8) is 0 Å². The van der Waals surface area contributed by atoms with Crippen LogP contribution in [0.5, 0.6) is 0 Å². The van der Waals surface area contributed by atoms with Gasteiger partial charge in [-0.1, -0.05) is 70.5 Å². The summed E-state index contributed by atoms with van der Waals surface area (Å²) in [5.74, 6) is -4.69. The van der Waals surface area contributed by atoms with Crippen molar-refractivity contribution in [2.75, 3.05) is 65.7 Å². The Bertz CT molecular complexity index is 2720. The second-order valence-electron chi connectivity index (χ2n) is 21.3. The number of aromatic nitrogens is 1. The highest BCUT2D eigenvalue weighted by atomic mass is 32.2. The molecule has 22 nitrogen and oxygen atoms in total. The van der Waals surface area contributed by atoms with E-state index in [1.807, 2.05) is 87.5 Å². The number of thiophene rings is 1. The summed E-state index contributed by atoms with van der Waals surface area (Å²) in [5, 5.41) is 15.3. The lowest BCUT2D eigenvalue weighted by Gasteiger charge is -2.37. The minimum atomic E-state index is -1.20. The first-order valence-corrected chi connectivity index (χ1v) is 30.8. The molecule has 0 aliphatic carbocycles. The Hall–Kier alpha value is -6.54. The number of likely N-dealkylation sites (N-methyl/N-ethyl adjacent to an activating group) is 2. The molecule has 0 radical (unpaired) electrons. The van der Waals surface area contributed by atoms with E-state index in [4.69, 9.17) is 10.5 Å². The van der Waals surface area contributed by atoms with Crippen LogP contribution in [0.1, 0.15) is 107 Å². The molecule has 5 heterocycles. The minimum Gasteiger partial charge on any atom is -0.455 e. The van der Waals surface area contributed by atoms with Crippen LogP contribution in [0, 0.1) is 11.8 Å². The number of ether oxygens (including phenoxy) is 1. The lowest BCUT2D eigenvalue weighted by molar-refractivity contribution is -0.149. The zero-order valence-electron chi connectivity index (χ0n) is 47.8. The van der Waals surface area contributed by atoms with Crippen molar-refractivity contribution in [1.29, 1.82) is 0 Å². The molecule has 82 heavy (non-hydrogen) atoms. The van der Waals surface area contributed by atoms with Crippen LogP contribution in [0.4, 0.5) is 0 Å². The number of thiazole rings is 1. The summed E-state index contributed by atoms with van der Waals surface area (Å²) in [6.07, 6.45) is 3.88. The molecule has 2 fully saturated rings. The van der Waals surface area contributed by atoms with Gasteiger partial charge in [0.1, 0.15) is 40.9 Å². The number of nitrogens with zero attached hydrogens (tertiary/aromatic N) is 6. The molecule has 3 aliphatic rings. The van der Waals surface area contributed by atoms with Crippen LogP contribution < -0.4 is 27.0 Å². The molecular weight excluding hydrogens is 1110 g/mol. The number of nitrogens with two attached hydrogens (primary N) is 1. The molecule has 446 valence electrons. The highest BCUT2D eigenvalue weighted by Crippen LogP contribution is 2.32. The molecule has 0 bridgehead atoms. The number of carbonyl (C=O) groups excluding carboxylic acids is 10. The van der Waals surface area contributed by atoms with Gasteiger partial charge in [-0.15, -0.1) is 34.4 Å². The van der Waals surface area contributed by atoms with Gasteiger partial charge < -0.3 is 46.4 Å². The molecule has 0 saturated carbocycles. The highest BCUT2D eigenvalue weighted by molar-refractivity contribution is 8.01. The SMILES string of the molecule is CC[C@H](C)[C@H](NC(=O)C1CN1C)C(=O)N(C)[C@H](C[C@@H](OC(C)=O)c1nc(C(=O)N[C@@H](CSc2cccs2)C(=O)N[C@H](CCCCN)C(=O)N[C@@H](Cc2ccccc2)C(=O)N2CCN(C(=O)CCCN3C(=O)C=CC3=O)CC2)cs1)C(C)C. The van der Waals surface area contributed by atoms with E-state index in [0.717, 1.165) is 26.0 Å². The zero-order valence-corrected chi connectivity index (χ0v) is 50.3. The van der Waals surface area contributed by atoms with Gasteiger partial charge in [0.05, 0.1) is 4.21 Å². The first-order chi connectivity index (χ1) is 39.2. The van der Waals surface area contributed by atoms with Crippen molar-refractivity contribution in [1.82, 2.24) is 50.8 Å². The Morgan fingerprint density at radius 1 is 0.841 bits per heavy atom. The molecule has 1 aromatic carbocycles. The fourth-order valence-electron chi connectivity index (χ4n) is 9.74. The summed E-state index contributed by atoms with van der Waals surface area (Å²) in [7, 11) is 3.51. The number of imide groups is 1. The lowest BCUT2D eigenvalue weighted by atomic mass is 9.93. The van der Waals surface area contributed by atoms with Gasteiger partial charge in [-0.2, -0.15) is 0 Å². The van der Waals surface area contributed by atoms with Crippen LogP contribution >= 0.6 is 34.4 Å². The van der Waals surface area contributed by atoms with Gasteiger partial charge in [0.15, 0.2) is 6.10 Å².